The third-order valence-electron chi connectivity index (χ3n) is 4.99. The third-order valence-corrected chi connectivity index (χ3v) is 5.95. The minimum atomic E-state index is -0.0834. The fourth-order valence-corrected chi connectivity index (χ4v) is 3.91. The number of amides is 1. The van der Waals surface area contributed by atoms with Crippen molar-refractivity contribution in [2.24, 2.45) is 5.10 Å². The molecule has 0 radical (unpaired) electrons. The number of aromatic nitrogens is 3. The van der Waals surface area contributed by atoms with Crippen molar-refractivity contribution in [3.05, 3.63) is 57.3 Å². The van der Waals surface area contributed by atoms with Gasteiger partial charge in [0.2, 0.25) is 4.77 Å². The smallest absolute Gasteiger partial charge is 0.260 e. The number of H-pyrrole nitrogens is 1. The van der Waals surface area contributed by atoms with Crippen molar-refractivity contribution in [3.8, 4) is 22.9 Å². The number of carbonyl (C=O) groups is 1. The van der Waals surface area contributed by atoms with Gasteiger partial charge in [-0.25, -0.2) is 5.10 Å². The molecule has 0 spiro atoms. The number of rotatable bonds is 7. The minimum absolute atomic E-state index is 0.0662. The maximum absolute atomic E-state index is 12.3. The van der Waals surface area contributed by atoms with Gasteiger partial charge in [-0.15, -0.1) is 0 Å². The van der Waals surface area contributed by atoms with Crippen LogP contribution in [0.4, 0.5) is 0 Å². The number of nitrogens with zero attached hydrogens (tertiary/aromatic N) is 4. The number of nitrogens with one attached hydrogen (secondary N) is 1. The first-order chi connectivity index (χ1) is 16.1. The van der Waals surface area contributed by atoms with Crippen molar-refractivity contribution >= 4 is 40.3 Å². The molecule has 172 valence electrons. The molecule has 2 aromatic carbocycles. The molecule has 0 aliphatic carbocycles. The van der Waals surface area contributed by atoms with Gasteiger partial charge in [-0.1, -0.05) is 28.1 Å². The Morgan fingerprint density at radius 1 is 1.27 bits per heavy atom. The van der Waals surface area contributed by atoms with E-state index in [-0.39, 0.29) is 12.5 Å². The monoisotopic (exact) mass is 531 g/mol. The van der Waals surface area contributed by atoms with Gasteiger partial charge in [-0.05, 0) is 48.1 Å². The molecule has 0 atom stereocenters. The molecule has 1 saturated heterocycles. The van der Waals surface area contributed by atoms with Crippen LogP contribution in [-0.4, -0.2) is 71.9 Å². The summed E-state index contributed by atoms with van der Waals surface area (Å²) in [7, 11) is 1.55. The van der Waals surface area contributed by atoms with E-state index < -0.39 is 0 Å². The molecule has 0 unspecified atom stereocenters. The van der Waals surface area contributed by atoms with Crippen LogP contribution in [0.5, 0.6) is 11.5 Å². The van der Waals surface area contributed by atoms with Gasteiger partial charge in [0, 0.05) is 23.1 Å². The number of hydrogen-bond donors (Lipinski definition) is 1. The van der Waals surface area contributed by atoms with Crippen molar-refractivity contribution < 1.29 is 19.0 Å². The normalized spacial score (nSPS) is 13.9. The van der Waals surface area contributed by atoms with Gasteiger partial charge in [-0.2, -0.15) is 14.9 Å². The lowest BCUT2D eigenvalue weighted by Gasteiger charge is -2.26. The fourth-order valence-electron chi connectivity index (χ4n) is 3.27. The van der Waals surface area contributed by atoms with Crippen molar-refractivity contribution in [2.45, 2.75) is 0 Å². The fraction of sp³-hybridized carbons (Fsp3) is 0.273. The zero-order chi connectivity index (χ0) is 23.2. The van der Waals surface area contributed by atoms with Crippen LogP contribution < -0.4 is 9.47 Å². The zero-order valence-corrected chi connectivity index (χ0v) is 20.3. The van der Waals surface area contributed by atoms with Crippen LogP contribution in [-0.2, 0) is 9.53 Å². The summed E-state index contributed by atoms with van der Waals surface area (Å²) in [6, 6.07) is 13.0. The molecular formula is C22H22BrN5O4S. The average molecular weight is 532 g/mol. The number of ether oxygens (including phenoxy) is 3. The molecule has 1 aliphatic heterocycles. The molecule has 2 heterocycles. The number of aromatic amines is 1. The second-order valence-corrected chi connectivity index (χ2v) is 8.32. The molecule has 1 fully saturated rings. The number of carbonyl (C=O) groups excluding carboxylic acids is 1. The second-order valence-electron chi connectivity index (χ2n) is 7.08. The van der Waals surface area contributed by atoms with E-state index in [1.165, 1.54) is 0 Å². The molecule has 0 saturated carbocycles. The largest absolute Gasteiger partial charge is 0.493 e. The van der Waals surface area contributed by atoms with Crippen LogP contribution in [0, 0.1) is 4.77 Å². The molecule has 0 bridgehead atoms. The average Bonchev–Trinajstić information content (AvgIpc) is 3.22. The topological polar surface area (TPSA) is 94.0 Å². The van der Waals surface area contributed by atoms with E-state index in [1.807, 2.05) is 30.3 Å². The molecule has 9 nitrogen and oxygen atoms in total. The van der Waals surface area contributed by atoms with Gasteiger partial charge in [0.1, 0.15) is 0 Å². The van der Waals surface area contributed by atoms with Crippen molar-refractivity contribution in [3.63, 3.8) is 0 Å². The Balaban J connectivity index is 1.50. The number of halogens is 1. The van der Waals surface area contributed by atoms with Crippen LogP contribution in [0.15, 0.2) is 52.0 Å². The molecule has 3 aromatic rings. The van der Waals surface area contributed by atoms with Crippen LogP contribution >= 0.6 is 28.1 Å². The summed E-state index contributed by atoms with van der Waals surface area (Å²) in [5.74, 6) is 1.47. The SMILES string of the molecule is COc1cc(/C=N/n2c(-c3ccccc3Br)n[nH]c2=S)ccc1OCC(=O)N1CCOCC1. The van der Waals surface area contributed by atoms with Gasteiger partial charge < -0.3 is 19.1 Å². The van der Waals surface area contributed by atoms with Crippen LogP contribution in [0.3, 0.4) is 0 Å². The van der Waals surface area contributed by atoms with Gasteiger partial charge >= 0.3 is 0 Å². The zero-order valence-electron chi connectivity index (χ0n) is 17.9. The third kappa shape index (κ3) is 5.49. The first kappa shape index (κ1) is 23.1. The second kappa shape index (κ2) is 10.7. The highest BCUT2D eigenvalue weighted by Crippen LogP contribution is 2.28. The summed E-state index contributed by atoms with van der Waals surface area (Å²) >= 11 is 8.87. The summed E-state index contributed by atoms with van der Waals surface area (Å²) in [4.78, 5) is 14.1. The lowest BCUT2D eigenvalue weighted by Crippen LogP contribution is -2.43. The summed E-state index contributed by atoms with van der Waals surface area (Å²) < 4.78 is 19.2. The molecule has 1 aliphatic rings. The lowest BCUT2D eigenvalue weighted by atomic mass is 10.2. The number of hydrogen-bond acceptors (Lipinski definition) is 7. The van der Waals surface area contributed by atoms with Crippen LogP contribution in [0.1, 0.15) is 5.56 Å². The van der Waals surface area contributed by atoms with E-state index >= 15 is 0 Å². The molecule has 11 heteroatoms. The highest BCUT2D eigenvalue weighted by Gasteiger charge is 2.18. The minimum Gasteiger partial charge on any atom is -0.493 e. The quantitative estimate of drug-likeness (QED) is 0.370. The summed E-state index contributed by atoms with van der Waals surface area (Å²) in [6.45, 7) is 2.18. The van der Waals surface area contributed by atoms with E-state index in [9.17, 15) is 4.79 Å². The maximum atomic E-state index is 12.3. The maximum Gasteiger partial charge on any atom is 0.260 e. The van der Waals surface area contributed by atoms with E-state index in [0.717, 1.165) is 15.6 Å². The lowest BCUT2D eigenvalue weighted by molar-refractivity contribution is -0.137. The van der Waals surface area contributed by atoms with E-state index in [4.69, 9.17) is 26.4 Å². The van der Waals surface area contributed by atoms with Crippen LogP contribution in [0.25, 0.3) is 11.4 Å². The van der Waals surface area contributed by atoms with Crippen molar-refractivity contribution in [2.75, 3.05) is 40.0 Å². The van der Waals surface area contributed by atoms with Crippen molar-refractivity contribution in [1.29, 1.82) is 0 Å². The highest BCUT2D eigenvalue weighted by atomic mass is 79.9. The molecule has 4 rings (SSSR count). The molecule has 1 amide bonds. The molecule has 1 aromatic heterocycles. The first-order valence-corrected chi connectivity index (χ1v) is 11.4. The Bertz CT molecular complexity index is 1220. The molecular weight excluding hydrogens is 510 g/mol. The van der Waals surface area contributed by atoms with Gasteiger partial charge in [0.05, 0.1) is 26.5 Å². The number of benzene rings is 2. The first-order valence-electron chi connectivity index (χ1n) is 10.2. The Morgan fingerprint density at radius 3 is 2.82 bits per heavy atom. The summed E-state index contributed by atoms with van der Waals surface area (Å²) in [5, 5.41) is 11.6. The standard InChI is InChI=1S/C22H22BrN5O4S/c1-30-19-12-15(6-7-18(19)32-14-20(29)27-8-10-31-11-9-27)13-24-28-21(25-26-22(28)33)16-4-2-3-5-17(16)23/h2-7,12-13H,8-11,14H2,1H3,(H,26,33)/b24-13+. The molecule has 1 N–H and O–H groups in total. The Labute approximate surface area is 204 Å². The van der Waals surface area contributed by atoms with Gasteiger partial charge in [0.15, 0.2) is 23.9 Å². The predicted molar refractivity (Wildman–Crippen MR) is 129 cm³/mol. The van der Waals surface area contributed by atoms with Crippen molar-refractivity contribution in [1.82, 2.24) is 19.8 Å². The Kier molecular flexibility index (Phi) is 7.53. The predicted octanol–water partition coefficient (Wildman–Crippen LogP) is 3.50. The van der Waals surface area contributed by atoms with Gasteiger partial charge in [0.25, 0.3) is 5.91 Å². The highest BCUT2D eigenvalue weighted by molar-refractivity contribution is 9.10. The summed E-state index contributed by atoms with van der Waals surface area (Å²) in [5.41, 5.74) is 1.62. The van der Waals surface area contributed by atoms with Crippen LogP contribution in [0.2, 0.25) is 0 Å². The Morgan fingerprint density at radius 2 is 2.06 bits per heavy atom. The number of methoxy groups -OCH3 is 1. The van der Waals surface area contributed by atoms with E-state index in [2.05, 4.69) is 31.2 Å². The van der Waals surface area contributed by atoms with E-state index in [0.29, 0.717) is 48.4 Å². The van der Waals surface area contributed by atoms with Gasteiger partial charge in [-0.3, -0.25) is 4.79 Å². The number of morpholine rings is 1. The molecule has 33 heavy (non-hydrogen) atoms. The Hall–Kier alpha value is -3.02. The summed E-state index contributed by atoms with van der Waals surface area (Å²) in [6.07, 6.45) is 1.65. The van der Waals surface area contributed by atoms with E-state index in [1.54, 1.807) is 35.0 Å².